The van der Waals surface area contributed by atoms with Gasteiger partial charge >= 0.3 is 0 Å². The first-order valence-electron chi connectivity index (χ1n) is 2.88. The molecule has 0 aromatic rings. The molecule has 0 nitrogen and oxygen atoms in total. The Bertz CT molecular complexity index is 83.1. The first-order valence-corrected chi connectivity index (χ1v) is 5.59. The van der Waals surface area contributed by atoms with E-state index in [0.29, 0.717) is 0 Å². The Kier molecular flexibility index (Phi) is 7.40. The SMILES string of the molecule is C/C=C/SSC(Cl)CC. The molecule has 0 aliphatic carbocycles. The fourth-order valence-electron chi connectivity index (χ4n) is 0.216. The average molecular weight is 183 g/mol. The third kappa shape index (κ3) is 6.62. The third-order valence-corrected chi connectivity index (χ3v) is 3.97. The minimum atomic E-state index is 0.256. The molecule has 9 heavy (non-hydrogen) atoms. The van der Waals surface area contributed by atoms with Crippen LogP contribution in [0.2, 0.25) is 0 Å². The molecule has 0 aromatic carbocycles. The molecule has 0 saturated carbocycles. The Hall–Kier alpha value is 0.730. The molecule has 0 bridgehead atoms. The standard InChI is InChI=1S/C6H11ClS2/c1-3-5-8-9-6(7)4-2/h3,5-6H,4H2,1-2H3/b5-3+. The maximum Gasteiger partial charge on any atom is 0.0892 e. The van der Waals surface area contributed by atoms with E-state index in [-0.39, 0.29) is 4.71 Å². The molecule has 54 valence electrons. The Morgan fingerprint density at radius 1 is 1.67 bits per heavy atom. The molecule has 3 heteroatoms. The fourth-order valence-corrected chi connectivity index (χ4v) is 2.32. The lowest BCUT2D eigenvalue weighted by molar-refractivity contribution is 1.05. The summed E-state index contributed by atoms with van der Waals surface area (Å²) in [6.07, 6.45) is 3.04. The van der Waals surface area contributed by atoms with Gasteiger partial charge in [-0.1, -0.05) is 34.6 Å². The summed E-state index contributed by atoms with van der Waals surface area (Å²) in [6, 6.07) is 0. The molecule has 0 fully saturated rings. The topological polar surface area (TPSA) is 0 Å². The molecule has 0 rings (SSSR count). The van der Waals surface area contributed by atoms with Gasteiger partial charge in [-0.25, -0.2) is 0 Å². The minimum Gasteiger partial charge on any atom is -0.110 e. The first kappa shape index (κ1) is 9.73. The zero-order valence-corrected chi connectivity index (χ0v) is 8.02. The fraction of sp³-hybridized carbons (Fsp3) is 0.667. The van der Waals surface area contributed by atoms with Crippen molar-refractivity contribution in [3.8, 4) is 0 Å². The molecule has 0 aliphatic rings. The highest BCUT2D eigenvalue weighted by molar-refractivity contribution is 8.78. The van der Waals surface area contributed by atoms with E-state index in [1.54, 1.807) is 21.6 Å². The van der Waals surface area contributed by atoms with E-state index in [4.69, 9.17) is 11.6 Å². The predicted molar refractivity (Wildman–Crippen MR) is 49.9 cm³/mol. The van der Waals surface area contributed by atoms with Crippen molar-refractivity contribution >= 4 is 33.2 Å². The largest absolute Gasteiger partial charge is 0.110 e. The highest BCUT2D eigenvalue weighted by Gasteiger charge is 1.98. The molecule has 0 amide bonds. The molecular weight excluding hydrogens is 172 g/mol. The number of hydrogen-bond acceptors (Lipinski definition) is 2. The monoisotopic (exact) mass is 182 g/mol. The Morgan fingerprint density at radius 2 is 2.33 bits per heavy atom. The highest BCUT2D eigenvalue weighted by Crippen LogP contribution is 2.31. The van der Waals surface area contributed by atoms with Crippen molar-refractivity contribution in [2.24, 2.45) is 0 Å². The van der Waals surface area contributed by atoms with Crippen molar-refractivity contribution in [1.82, 2.24) is 0 Å². The van der Waals surface area contributed by atoms with E-state index in [1.165, 1.54) is 0 Å². The first-order chi connectivity index (χ1) is 4.31. The van der Waals surface area contributed by atoms with E-state index in [0.717, 1.165) is 6.42 Å². The summed E-state index contributed by atoms with van der Waals surface area (Å²) in [4.78, 5) is 0. The van der Waals surface area contributed by atoms with Gasteiger partial charge in [-0.3, -0.25) is 0 Å². The molecule has 1 atom stereocenters. The van der Waals surface area contributed by atoms with Gasteiger partial charge in [0.05, 0.1) is 4.71 Å². The van der Waals surface area contributed by atoms with Gasteiger partial charge in [0, 0.05) is 0 Å². The second-order valence-corrected chi connectivity index (χ2v) is 4.65. The van der Waals surface area contributed by atoms with E-state index >= 15 is 0 Å². The summed E-state index contributed by atoms with van der Waals surface area (Å²) in [7, 11) is 3.39. The van der Waals surface area contributed by atoms with Gasteiger partial charge < -0.3 is 0 Å². The van der Waals surface area contributed by atoms with Crippen molar-refractivity contribution in [2.75, 3.05) is 0 Å². The van der Waals surface area contributed by atoms with Crippen LogP contribution >= 0.6 is 33.2 Å². The van der Waals surface area contributed by atoms with Crippen LogP contribution in [0.1, 0.15) is 20.3 Å². The van der Waals surface area contributed by atoms with E-state index in [2.05, 4.69) is 6.92 Å². The summed E-state index contributed by atoms with van der Waals surface area (Å²) in [5, 5.41) is 2.04. The van der Waals surface area contributed by atoms with Gasteiger partial charge in [-0.2, -0.15) is 0 Å². The van der Waals surface area contributed by atoms with Crippen LogP contribution in [0.15, 0.2) is 11.5 Å². The lowest BCUT2D eigenvalue weighted by Crippen LogP contribution is -1.81. The number of alkyl halides is 1. The van der Waals surface area contributed by atoms with Gasteiger partial charge in [-0.05, 0) is 18.8 Å². The second kappa shape index (κ2) is 6.84. The van der Waals surface area contributed by atoms with Crippen LogP contribution < -0.4 is 0 Å². The Morgan fingerprint density at radius 3 is 2.78 bits per heavy atom. The summed E-state index contributed by atoms with van der Waals surface area (Å²) in [5.41, 5.74) is 0. The smallest absolute Gasteiger partial charge is 0.0892 e. The number of allylic oxidation sites excluding steroid dienone is 1. The molecule has 1 unspecified atom stereocenters. The highest BCUT2D eigenvalue weighted by atomic mass is 35.5. The van der Waals surface area contributed by atoms with E-state index < -0.39 is 0 Å². The quantitative estimate of drug-likeness (QED) is 0.478. The van der Waals surface area contributed by atoms with Crippen LogP contribution in [-0.2, 0) is 0 Å². The summed E-state index contributed by atoms with van der Waals surface area (Å²) in [5.74, 6) is 0. The zero-order chi connectivity index (χ0) is 7.11. The molecular formula is C6H11ClS2. The van der Waals surface area contributed by atoms with E-state index in [9.17, 15) is 0 Å². The maximum atomic E-state index is 5.81. The summed E-state index contributed by atoms with van der Waals surface area (Å²) in [6.45, 7) is 4.09. The number of rotatable bonds is 4. The number of hydrogen-bond donors (Lipinski definition) is 0. The molecule has 0 saturated heterocycles. The van der Waals surface area contributed by atoms with Gasteiger partial charge in [0.1, 0.15) is 0 Å². The van der Waals surface area contributed by atoms with Crippen molar-refractivity contribution in [3.63, 3.8) is 0 Å². The summed E-state index contributed by atoms with van der Waals surface area (Å²) >= 11 is 5.81. The van der Waals surface area contributed by atoms with Crippen LogP contribution in [0.3, 0.4) is 0 Å². The van der Waals surface area contributed by atoms with Crippen LogP contribution in [0.25, 0.3) is 0 Å². The van der Waals surface area contributed by atoms with Gasteiger partial charge in [0.15, 0.2) is 0 Å². The Labute approximate surface area is 69.8 Å². The van der Waals surface area contributed by atoms with Crippen molar-refractivity contribution in [1.29, 1.82) is 0 Å². The maximum absolute atomic E-state index is 5.81. The van der Waals surface area contributed by atoms with Crippen molar-refractivity contribution < 1.29 is 0 Å². The normalized spacial score (nSPS) is 14.6. The molecule has 0 aromatic heterocycles. The minimum absolute atomic E-state index is 0.256. The molecule has 0 radical (unpaired) electrons. The number of halogens is 1. The van der Waals surface area contributed by atoms with Crippen molar-refractivity contribution in [3.05, 3.63) is 11.5 Å². The molecule has 0 N–H and O–H groups in total. The van der Waals surface area contributed by atoms with Crippen LogP contribution in [-0.4, -0.2) is 4.71 Å². The molecule has 0 aliphatic heterocycles. The van der Waals surface area contributed by atoms with E-state index in [1.807, 2.05) is 18.4 Å². The average Bonchev–Trinajstić information content (AvgIpc) is 1.89. The van der Waals surface area contributed by atoms with Crippen molar-refractivity contribution in [2.45, 2.75) is 25.0 Å². The second-order valence-electron chi connectivity index (χ2n) is 1.48. The molecule has 0 spiro atoms. The van der Waals surface area contributed by atoms with Gasteiger partial charge in [0.2, 0.25) is 0 Å². The zero-order valence-electron chi connectivity index (χ0n) is 5.63. The van der Waals surface area contributed by atoms with Gasteiger partial charge in [0.25, 0.3) is 0 Å². The van der Waals surface area contributed by atoms with Crippen LogP contribution in [0.5, 0.6) is 0 Å². The van der Waals surface area contributed by atoms with Crippen LogP contribution in [0, 0.1) is 0 Å². The Balaban J connectivity index is 3.06. The molecule has 0 heterocycles. The predicted octanol–water partition coefficient (Wildman–Crippen LogP) is 3.88. The third-order valence-electron chi connectivity index (χ3n) is 0.673. The van der Waals surface area contributed by atoms with Gasteiger partial charge in [-0.15, -0.1) is 11.6 Å². The summed E-state index contributed by atoms with van der Waals surface area (Å²) < 4.78 is 0.256. The lowest BCUT2D eigenvalue weighted by atomic mass is 10.6. The van der Waals surface area contributed by atoms with Crippen LogP contribution in [0.4, 0.5) is 0 Å². The lowest BCUT2D eigenvalue weighted by Gasteiger charge is -1.99.